The Morgan fingerprint density at radius 2 is 1.91 bits per heavy atom. The van der Waals surface area contributed by atoms with Gasteiger partial charge in [-0.15, -0.1) is 0 Å². The molecule has 1 aliphatic heterocycles. The number of ether oxygens (including phenoxy) is 1. The summed E-state index contributed by atoms with van der Waals surface area (Å²) < 4.78 is 30.8. The van der Waals surface area contributed by atoms with Crippen LogP contribution in [-0.4, -0.2) is 34.9 Å². The molecule has 134 valence electrons. The van der Waals surface area contributed by atoms with Gasteiger partial charge in [0, 0.05) is 10.3 Å². The maximum absolute atomic E-state index is 13.3. The van der Waals surface area contributed by atoms with E-state index in [0.717, 1.165) is 23.7 Å². The normalized spacial score (nSPS) is 38.0. The van der Waals surface area contributed by atoms with Crippen LogP contribution < -0.4 is 0 Å². The van der Waals surface area contributed by atoms with Crippen LogP contribution in [0.25, 0.3) is 0 Å². The second-order valence-corrected chi connectivity index (χ2v) is 9.79. The number of halogens is 1. The number of hydrogen-bond acceptors (Lipinski definition) is 5. The quantitative estimate of drug-likeness (QED) is 0.255. The van der Waals surface area contributed by atoms with Gasteiger partial charge < -0.3 is 13.8 Å². The molecule has 2 unspecified atom stereocenters. The molecule has 0 N–H and O–H groups in total. The molecule has 1 aliphatic carbocycles. The van der Waals surface area contributed by atoms with Gasteiger partial charge in [-0.1, -0.05) is 35.9 Å². The Hall–Kier alpha value is 0.350. The van der Waals surface area contributed by atoms with Crippen molar-refractivity contribution in [2.24, 2.45) is 17.8 Å². The van der Waals surface area contributed by atoms with Crippen molar-refractivity contribution < 1.29 is 23.1 Å². The highest BCUT2D eigenvalue weighted by Crippen LogP contribution is 2.62. The van der Waals surface area contributed by atoms with Crippen LogP contribution >= 0.6 is 30.2 Å². The molecule has 1 heterocycles. The maximum Gasteiger partial charge on any atom is 0.345 e. The van der Waals surface area contributed by atoms with E-state index in [1.54, 1.807) is 13.8 Å². The van der Waals surface area contributed by atoms with Crippen molar-refractivity contribution in [3.8, 4) is 0 Å². The highest BCUT2D eigenvalue weighted by Gasteiger charge is 2.59. The van der Waals surface area contributed by atoms with Crippen LogP contribution in [0.4, 0.5) is 0 Å². The smallest absolute Gasteiger partial charge is 0.345 e. The van der Waals surface area contributed by atoms with E-state index in [1.165, 1.54) is 0 Å². The van der Waals surface area contributed by atoms with Crippen LogP contribution in [0.1, 0.15) is 47.0 Å². The summed E-state index contributed by atoms with van der Waals surface area (Å²) in [6.07, 6.45) is 2.99. The molecule has 5 atom stereocenters. The Labute approximate surface area is 152 Å². The van der Waals surface area contributed by atoms with E-state index in [-0.39, 0.29) is 25.0 Å². The summed E-state index contributed by atoms with van der Waals surface area (Å²) in [7, 11) is -3.51. The Balaban J connectivity index is 2.41. The molecule has 0 spiro atoms. The first kappa shape index (κ1) is 19.7. The Kier molecular flexibility index (Phi) is 6.59. The summed E-state index contributed by atoms with van der Waals surface area (Å²) in [5.74, 6) is 0.320. The summed E-state index contributed by atoms with van der Waals surface area (Å²) >= 11 is 2.28. The number of carbonyl (C=O) groups is 1. The van der Waals surface area contributed by atoms with Gasteiger partial charge in [0.25, 0.3) is 0 Å². The van der Waals surface area contributed by atoms with Gasteiger partial charge in [0.2, 0.25) is 0 Å². The van der Waals surface area contributed by atoms with E-state index in [1.807, 2.05) is 6.92 Å². The summed E-state index contributed by atoms with van der Waals surface area (Å²) in [5, 5.41) is 0. The van der Waals surface area contributed by atoms with Crippen LogP contribution in [-0.2, 0) is 23.1 Å². The molecule has 0 aromatic heterocycles. The summed E-state index contributed by atoms with van der Waals surface area (Å²) in [4.78, 5) is 12.8. The molecule has 5 nitrogen and oxygen atoms in total. The van der Waals surface area contributed by atoms with Crippen molar-refractivity contribution >= 4 is 36.2 Å². The minimum absolute atomic E-state index is 0.00343. The molecule has 0 bridgehead atoms. The number of fused-ring (bicyclic) bond motifs is 1. The number of rotatable bonds is 6. The zero-order valence-corrected chi connectivity index (χ0v) is 17.5. The highest BCUT2D eigenvalue weighted by atomic mass is 127. The first-order valence-electron chi connectivity index (χ1n) is 8.49. The van der Waals surface area contributed by atoms with Gasteiger partial charge in [0.05, 0.1) is 13.2 Å². The van der Waals surface area contributed by atoms with Crippen molar-refractivity contribution in [2.75, 3.05) is 17.6 Å². The van der Waals surface area contributed by atoms with E-state index in [0.29, 0.717) is 5.92 Å². The fourth-order valence-electron chi connectivity index (χ4n) is 4.12. The second kappa shape index (κ2) is 7.71. The topological polar surface area (TPSA) is 61.8 Å². The molecule has 2 aliphatic rings. The van der Waals surface area contributed by atoms with Gasteiger partial charge in [-0.25, -0.2) is 0 Å². The lowest BCUT2D eigenvalue weighted by molar-refractivity contribution is -0.180. The zero-order valence-electron chi connectivity index (χ0n) is 14.4. The van der Waals surface area contributed by atoms with Crippen LogP contribution in [0, 0.1) is 17.8 Å². The third-order valence-electron chi connectivity index (χ3n) is 5.15. The molecular weight excluding hydrogens is 430 g/mol. The summed E-state index contributed by atoms with van der Waals surface area (Å²) in [6.45, 7) is 8.27. The molecule has 0 radical (unpaired) electrons. The van der Waals surface area contributed by atoms with E-state index in [2.05, 4.69) is 29.5 Å². The van der Waals surface area contributed by atoms with E-state index in [4.69, 9.17) is 13.8 Å². The number of hydrogen-bond donors (Lipinski definition) is 0. The number of carbonyl (C=O) groups excluding carboxylic acids is 1. The van der Waals surface area contributed by atoms with Gasteiger partial charge >= 0.3 is 13.6 Å². The molecule has 0 amide bonds. The first-order chi connectivity index (χ1) is 10.8. The predicted octanol–water partition coefficient (Wildman–Crippen LogP) is 4.42. The molecule has 7 heteroatoms. The largest absolute Gasteiger partial charge is 0.458 e. The van der Waals surface area contributed by atoms with Crippen molar-refractivity contribution in [1.29, 1.82) is 0 Å². The summed E-state index contributed by atoms with van der Waals surface area (Å²) in [5.41, 5.74) is -1.27. The van der Waals surface area contributed by atoms with Crippen molar-refractivity contribution in [3.05, 3.63) is 0 Å². The van der Waals surface area contributed by atoms with E-state index in [9.17, 15) is 9.36 Å². The second-order valence-electron chi connectivity index (χ2n) is 6.88. The van der Waals surface area contributed by atoms with Gasteiger partial charge in [0.1, 0.15) is 5.60 Å². The number of esters is 1. The minimum atomic E-state index is -3.51. The van der Waals surface area contributed by atoms with E-state index < -0.39 is 24.8 Å². The van der Waals surface area contributed by atoms with Gasteiger partial charge in [-0.3, -0.25) is 9.36 Å². The molecule has 1 saturated heterocycles. The van der Waals surface area contributed by atoms with E-state index >= 15 is 0 Å². The lowest BCUT2D eigenvalue weighted by Gasteiger charge is -2.51. The fraction of sp³-hybridized carbons (Fsp3) is 0.938. The maximum atomic E-state index is 13.3. The Morgan fingerprint density at radius 3 is 2.43 bits per heavy atom. The average Bonchev–Trinajstić information content (AvgIpc) is 2.47. The van der Waals surface area contributed by atoms with Gasteiger partial charge in [-0.2, -0.15) is 0 Å². The number of cyclic esters (lactones) is 1. The van der Waals surface area contributed by atoms with Crippen LogP contribution in [0.5, 0.6) is 0 Å². The van der Waals surface area contributed by atoms with Crippen molar-refractivity contribution in [1.82, 2.24) is 0 Å². The molecular formula is C16H28IO5P. The molecule has 1 saturated carbocycles. The monoisotopic (exact) mass is 458 g/mol. The van der Waals surface area contributed by atoms with Crippen LogP contribution in [0.15, 0.2) is 0 Å². The highest BCUT2D eigenvalue weighted by molar-refractivity contribution is 14.1. The van der Waals surface area contributed by atoms with Gasteiger partial charge in [-0.05, 0) is 45.4 Å². The number of alkyl halides is 1. The molecule has 0 aromatic carbocycles. The Bertz CT molecular complexity index is 475. The van der Waals surface area contributed by atoms with Crippen LogP contribution in [0.3, 0.4) is 0 Å². The molecule has 2 fully saturated rings. The fourth-order valence-corrected chi connectivity index (χ4v) is 7.07. The average molecular weight is 458 g/mol. The third kappa shape index (κ3) is 3.80. The zero-order chi connectivity index (χ0) is 17.3. The third-order valence-corrected chi connectivity index (χ3v) is 9.18. The first-order valence-corrected chi connectivity index (χ1v) is 11.6. The van der Waals surface area contributed by atoms with Crippen molar-refractivity contribution in [2.45, 2.75) is 58.2 Å². The SMILES string of the molecule is CCOP(=O)(OCC)C1C(=O)OC(C)(CI)[C@H]2CC[C@H](C)C[C@H]12. The van der Waals surface area contributed by atoms with Crippen LogP contribution in [0.2, 0.25) is 0 Å². The lowest BCUT2D eigenvalue weighted by atomic mass is 9.65. The minimum Gasteiger partial charge on any atom is -0.458 e. The standard InChI is InChI=1S/C16H28IO5P/c1-5-20-23(19,21-6-2)14-12-9-11(3)7-8-13(12)16(4,10-17)22-15(14)18/h11-14H,5-10H2,1-4H3/t11-,12-,13-,14?,16?/m0/s1. The van der Waals surface area contributed by atoms with Crippen molar-refractivity contribution in [3.63, 3.8) is 0 Å². The lowest BCUT2D eigenvalue weighted by Crippen LogP contribution is -2.57. The molecule has 23 heavy (non-hydrogen) atoms. The molecule has 0 aromatic rings. The van der Waals surface area contributed by atoms with Gasteiger partial charge in [0.15, 0.2) is 5.66 Å². The summed E-state index contributed by atoms with van der Waals surface area (Å²) in [6, 6.07) is 0. The predicted molar refractivity (Wildman–Crippen MR) is 98.0 cm³/mol. The molecule has 2 rings (SSSR count). The Morgan fingerprint density at radius 1 is 1.30 bits per heavy atom.